The number of hydrogen-bond donors (Lipinski definition) is 0. The minimum atomic E-state index is -0.448. The lowest BCUT2D eigenvalue weighted by Gasteiger charge is -2.13. The lowest BCUT2D eigenvalue weighted by atomic mass is 10.2. The number of imidazole rings is 1. The quantitative estimate of drug-likeness (QED) is 0.161. The zero-order valence-electron chi connectivity index (χ0n) is 16.5. The molecule has 1 heterocycles. The fraction of sp³-hybridized carbons (Fsp3) is 0.136. The van der Waals surface area contributed by atoms with Gasteiger partial charge in [-0.15, -0.1) is 0 Å². The highest BCUT2D eigenvalue weighted by atomic mass is 32.2. The highest BCUT2D eigenvalue weighted by Crippen LogP contribution is 2.33. The van der Waals surface area contributed by atoms with Gasteiger partial charge in [-0.3, -0.25) is 14.7 Å². The third-order valence-electron chi connectivity index (χ3n) is 4.55. The van der Waals surface area contributed by atoms with Gasteiger partial charge in [0.05, 0.1) is 35.4 Å². The number of nitrogens with zero attached hydrogens (tertiary/aromatic N) is 3. The van der Waals surface area contributed by atoms with Crippen molar-refractivity contribution in [1.29, 1.82) is 0 Å². The molecular formula is C22H18FN3O4S. The van der Waals surface area contributed by atoms with Gasteiger partial charge in [-0.25, -0.2) is 9.37 Å². The molecule has 0 saturated heterocycles. The van der Waals surface area contributed by atoms with Crippen molar-refractivity contribution in [2.24, 2.45) is 0 Å². The van der Waals surface area contributed by atoms with Crippen molar-refractivity contribution in [2.75, 3.05) is 19.5 Å². The average molecular weight is 439 g/mol. The molecule has 1 aromatic heterocycles. The van der Waals surface area contributed by atoms with E-state index in [9.17, 15) is 14.5 Å². The molecule has 0 aliphatic carbocycles. The summed E-state index contributed by atoms with van der Waals surface area (Å²) < 4.78 is 26.7. The van der Waals surface area contributed by atoms with Gasteiger partial charge in [-0.05, 0) is 30.3 Å². The lowest BCUT2D eigenvalue weighted by Crippen LogP contribution is -2.04. The number of nitro benzene ring substituents is 1. The van der Waals surface area contributed by atoms with Crippen LogP contribution in [0, 0.1) is 15.9 Å². The first kappa shape index (κ1) is 20.7. The number of fused-ring (bicyclic) bond motifs is 1. The average Bonchev–Trinajstić information content (AvgIpc) is 3.15. The first-order chi connectivity index (χ1) is 15.1. The van der Waals surface area contributed by atoms with Crippen molar-refractivity contribution in [1.82, 2.24) is 9.55 Å². The van der Waals surface area contributed by atoms with E-state index in [1.165, 1.54) is 30.0 Å². The largest absolute Gasteiger partial charge is 0.495 e. The first-order valence-corrected chi connectivity index (χ1v) is 10.4. The monoisotopic (exact) mass is 439 g/mol. The van der Waals surface area contributed by atoms with E-state index in [0.717, 1.165) is 5.69 Å². The zero-order valence-corrected chi connectivity index (χ0v) is 17.3. The number of non-ortho nitro benzene ring substituents is 1. The third kappa shape index (κ3) is 4.31. The summed E-state index contributed by atoms with van der Waals surface area (Å²) in [7, 11) is 1.58. The molecule has 0 saturated carbocycles. The molecule has 158 valence electrons. The van der Waals surface area contributed by atoms with Gasteiger partial charge in [0.25, 0.3) is 5.69 Å². The van der Waals surface area contributed by atoms with Gasteiger partial charge in [0, 0.05) is 17.9 Å². The van der Waals surface area contributed by atoms with E-state index in [2.05, 4.69) is 4.98 Å². The molecule has 4 rings (SSSR count). The van der Waals surface area contributed by atoms with Gasteiger partial charge in [0.2, 0.25) is 0 Å². The fourth-order valence-electron chi connectivity index (χ4n) is 3.15. The molecule has 0 aliphatic rings. The number of halogens is 1. The van der Waals surface area contributed by atoms with Crippen LogP contribution in [0.25, 0.3) is 16.7 Å². The van der Waals surface area contributed by atoms with Crippen LogP contribution >= 0.6 is 11.8 Å². The number of aromatic nitrogens is 2. The molecule has 4 aromatic rings. The second kappa shape index (κ2) is 9.05. The Kier molecular flexibility index (Phi) is 6.03. The van der Waals surface area contributed by atoms with Crippen LogP contribution in [-0.4, -0.2) is 33.9 Å². The highest BCUT2D eigenvalue weighted by Gasteiger charge is 2.18. The Bertz CT molecular complexity index is 1240. The summed E-state index contributed by atoms with van der Waals surface area (Å²) in [6, 6.07) is 18.3. The maximum atomic E-state index is 13.7. The van der Waals surface area contributed by atoms with E-state index in [4.69, 9.17) is 9.47 Å². The van der Waals surface area contributed by atoms with Crippen LogP contribution in [-0.2, 0) is 0 Å². The van der Waals surface area contributed by atoms with Gasteiger partial charge in [-0.2, -0.15) is 0 Å². The van der Waals surface area contributed by atoms with Crippen LogP contribution in [0.5, 0.6) is 11.5 Å². The normalized spacial score (nSPS) is 10.9. The summed E-state index contributed by atoms with van der Waals surface area (Å²) in [6.45, 7) is 0.265. The molecule has 0 fully saturated rings. The van der Waals surface area contributed by atoms with Crippen molar-refractivity contribution >= 4 is 28.5 Å². The number of thioether (sulfide) groups is 1. The Hall–Kier alpha value is -3.59. The molecule has 0 radical (unpaired) electrons. The Morgan fingerprint density at radius 3 is 2.58 bits per heavy atom. The second-order valence-corrected chi connectivity index (χ2v) is 7.52. The van der Waals surface area contributed by atoms with Crippen molar-refractivity contribution in [2.45, 2.75) is 5.16 Å². The topological polar surface area (TPSA) is 79.4 Å². The van der Waals surface area contributed by atoms with E-state index in [-0.39, 0.29) is 18.0 Å². The fourth-order valence-corrected chi connectivity index (χ4v) is 3.99. The maximum Gasteiger partial charge on any atom is 0.271 e. The molecule has 31 heavy (non-hydrogen) atoms. The Morgan fingerprint density at radius 2 is 1.84 bits per heavy atom. The minimum Gasteiger partial charge on any atom is -0.495 e. The number of para-hydroxylation sites is 3. The number of rotatable bonds is 8. The van der Waals surface area contributed by atoms with Crippen molar-refractivity contribution in [3.05, 3.63) is 82.7 Å². The molecule has 9 heteroatoms. The summed E-state index contributed by atoms with van der Waals surface area (Å²) >= 11 is 1.41. The van der Waals surface area contributed by atoms with E-state index in [1.807, 2.05) is 28.8 Å². The van der Waals surface area contributed by atoms with Crippen molar-refractivity contribution < 1.29 is 18.8 Å². The molecule has 0 N–H and O–H groups in total. The second-order valence-electron chi connectivity index (χ2n) is 6.46. The minimum absolute atomic E-state index is 0.0309. The molecule has 3 aromatic carbocycles. The molecule has 7 nitrogen and oxygen atoms in total. The first-order valence-electron chi connectivity index (χ1n) is 9.39. The standard InChI is InChI=1S/C22H18FN3O4S/c1-29-21-9-5-3-7-19(21)25-18-11-10-15(26(27)28)14-17(18)24-22(25)31-13-12-30-20-8-4-2-6-16(20)23/h2-11,14H,12-13H2,1H3. The van der Waals surface area contributed by atoms with Gasteiger partial charge in [-0.1, -0.05) is 36.0 Å². The van der Waals surface area contributed by atoms with Gasteiger partial charge >= 0.3 is 0 Å². The molecule has 0 amide bonds. The van der Waals surface area contributed by atoms with Gasteiger partial charge in [0.1, 0.15) is 5.75 Å². The van der Waals surface area contributed by atoms with E-state index < -0.39 is 10.7 Å². The van der Waals surface area contributed by atoms with Crippen LogP contribution in [0.3, 0.4) is 0 Å². The Balaban J connectivity index is 1.66. The van der Waals surface area contributed by atoms with Crippen LogP contribution in [0.2, 0.25) is 0 Å². The smallest absolute Gasteiger partial charge is 0.271 e. The van der Waals surface area contributed by atoms with Crippen molar-refractivity contribution in [3.8, 4) is 17.2 Å². The summed E-state index contributed by atoms with van der Waals surface area (Å²) in [5.41, 5.74) is 1.95. The molecule has 0 unspecified atom stereocenters. The summed E-state index contributed by atoms with van der Waals surface area (Å²) in [6.07, 6.45) is 0. The van der Waals surface area contributed by atoms with E-state index in [1.54, 1.807) is 31.4 Å². The Morgan fingerprint density at radius 1 is 1.10 bits per heavy atom. The number of nitro groups is 1. The van der Waals surface area contributed by atoms with Crippen LogP contribution in [0.4, 0.5) is 10.1 Å². The predicted octanol–water partition coefficient (Wildman–Crippen LogP) is 5.25. The number of ether oxygens (including phenoxy) is 2. The molecular weight excluding hydrogens is 421 g/mol. The molecule has 0 aliphatic heterocycles. The highest BCUT2D eigenvalue weighted by molar-refractivity contribution is 7.99. The third-order valence-corrected chi connectivity index (χ3v) is 5.46. The number of methoxy groups -OCH3 is 1. The summed E-state index contributed by atoms with van der Waals surface area (Å²) in [4.78, 5) is 15.3. The van der Waals surface area contributed by atoms with Gasteiger partial charge < -0.3 is 9.47 Å². The van der Waals surface area contributed by atoms with E-state index in [0.29, 0.717) is 27.7 Å². The predicted molar refractivity (Wildman–Crippen MR) is 117 cm³/mol. The zero-order chi connectivity index (χ0) is 21.8. The van der Waals surface area contributed by atoms with Crippen LogP contribution < -0.4 is 9.47 Å². The molecule has 0 bridgehead atoms. The Labute approximate surface area is 181 Å². The van der Waals surface area contributed by atoms with Crippen molar-refractivity contribution in [3.63, 3.8) is 0 Å². The van der Waals surface area contributed by atoms with Crippen LogP contribution in [0.1, 0.15) is 0 Å². The molecule has 0 spiro atoms. The van der Waals surface area contributed by atoms with Crippen LogP contribution in [0.15, 0.2) is 71.9 Å². The summed E-state index contributed by atoms with van der Waals surface area (Å²) in [5, 5.41) is 11.8. The lowest BCUT2D eigenvalue weighted by molar-refractivity contribution is -0.384. The number of hydrogen-bond acceptors (Lipinski definition) is 6. The summed E-state index contributed by atoms with van der Waals surface area (Å²) in [5.74, 6) is 0.914. The molecule has 0 atom stereocenters. The maximum absolute atomic E-state index is 13.7. The SMILES string of the molecule is COc1ccccc1-n1c(SCCOc2ccccc2F)nc2cc([N+](=O)[O-])ccc21. The van der Waals surface area contributed by atoms with Gasteiger partial charge in [0.15, 0.2) is 16.7 Å². The van der Waals surface area contributed by atoms with E-state index >= 15 is 0 Å². The number of benzene rings is 3.